The Kier molecular flexibility index (Phi) is 6.09. The number of anilines is 1. The normalized spacial score (nSPS) is 11.6. The van der Waals surface area contributed by atoms with E-state index in [9.17, 15) is 22.8 Å². The minimum Gasteiger partial charge on any atom is -0.495 e. The van der Waals surface area contributed by atoms with Gasteiger partial charge in [-0.3, -0.25) is 18.8 Å². The molecule has 176 valence electrons. The van der Waals surface area contributed by atoms with Gasteiger partial charge in [0.05, 0.1) is 23.7 Å². The maximum Gasteiger partial charge on any atom is 0.417 e. The molecule has 2 heterocycles. The monoisotopic (exact) mass is 490 g/mol. The second-order valence-corrected chi connectivity index (χ2v) is 7.85. The highest BCUT2D eigenvalue weighted by Gasteiger charge is 2.37. The first-order valence-electron chi connectivity index (χ1n) is 9.96. The molecular weight excluding hydrogens is 473 g/mol. The molecule has 1 N–H and O–H groups in total. The summed E-state index contributed by atoms with van der Waals surface area (Å²) in [6.45, 7) is -0.559. The predicted octanol–water partition coefficient (Wildman–Crippen LogP) is 4.72. The fourth-order valence-corrected chi connectivity index (χ4v) is 3.91. The van der Waals surface area contributed by atoms with Crippen molar-refractivity contribution in [2.24, 2.45) is 7.05 Å². The van der Waals surface area contributed by atoms with Crippen LogP contribution in [0.15, 0.2) is 59.4 Å². The van der Waals surface area contributed by atoms with Gasteiger partial charge in [0, 0.05) is 23.7 Å². The number of aromatic nitrogens is 3. The van der Waals surface area contributed by atoms with Gasteiger partial charge in [0.15, 0.2) is 0 Å². The van der Waals surface area contributed by atoms with Crippen LogP contribution in [0.3, 0.4) is 0 Å². The zero-order chi connectivity index (χ0) is 24.6. The Bertz CT molecular complexity index is 1450. The van der Waals surface area contributed by atoms with Crippen molar-refractivity contribution in [2.45, 2.75) is 12.7 Å². The number of nitrogens with one attached hydrogen (secondary N) is 1. The first kappa shape index (κ1) is 23.4. The van der Waals surface area contributed by atoms with Gasteiger partial charge >= 0.3 is 6.18 Å². The third-order valence-electron chi connectivity index (χ3n) is 5.17. The van der Waals surface area contributed by atoms with E-state index in [1.54, 1.807) is 42.5 Å². The van der Waals surface area contributed by atoms with Crippen molar-refractivity contribution in [1.29, 1.82) is 0 Å². The minimum absolute atomic E-state index is 0.0519. The Balaban J connectivity index is 1.85. The lowest BCUT2D eigenvalue weighted by atomic mass is 10.0. The number of halogens is 4. The van der Waals surface area contributed by atoms with E-state index in [-0.39, 0.29) is 22.4 Å². The second kappa shape index (κ2) is 8.86. The average Bonchev–Trinajstić information content (AvgIpc) is 3.12. The molecular formula is C23H18ClF3N4O3. The lowest BCUT2D eigenvalue weighted by molar-refractivity contribution is -0.136. The predicted molar refractivity (Wildman–Crippen MR) is 122 cm³/mol. The van der Waals surface area contributed by atoms with Crippen LogP contribution in [0, 0.1) is 0 Å². The zero-order valence-corrected chi connectivity index (χ0v) is 18.7. The van der Waals surface area contributed by atoms with Crippen molar-refractivity contribution in [3.63, 3.8) is 0 Å². The number of fused-ring (bicyclic) bond motifs is 1. The van der Waals surface area contributed by atoms with Crippen LogP contribution in [0.1, 0.15) is 5.56 Å². The molecule has 0 unspecified atom stereocenters. The van der Waals surface area contributed by atoms with Gasteiger partial charge in [0.1, 0.15) is 23.6 Å². The number of carbonyl (C=O) groups excluding carboxylic acids is 1. The molecule has 0 bridgehead atoms. The number of alkyl halides is 3. The number of amides is 1. The topological polar surface area (TPSA) is 78.2 Å². The van der Waals surface area contributed by atoms with Crippen LogP contribution in [0.2, 0.25) is 5.02 Å². The molecule has 0 atom stereocenters. The molecule has 2 aromatic carbocycles. The summed E-state index contributed by atoms with van der Waals surface area (Å²) in [4.78, 5) is 25.6. The third kappa shape index (κ3) is 4.36. The third-order valence-corrected chi connectivity index (χ3v) is 5.40. The van der Waals surface area contributed by atoms with Crippen LogP contribution in [0.25, 0.3) is 22.3 Å². The number of pyridine rings is 1. The Morgan fingerprint density at radius 1 is 1.15 bits per heavy atom. The summed E-state index contributed by atoms with van der Waals surface area (Å²) in [5.41, 5.74) is -1.49. The number of ether oxygens (including phenoxy) is 1. The second-order valence-electron chi connectivity index (χ2n) is 7.41. The van der Waals surface area contributed by atoms with Crippen molar-refractivity contribution >= 4 is 34.2 Å². The van der Waals surface area contributed by atoms with Crippen LogP contribution in [-0.2, 0) is 24.6 Å². The van der Waals surface area contributed by atoms with E-state index in [1.165, 1.54) is 24.9 Å². The van der Waals surface area contributed by atoms with Crippen molar-refractivity contribution in [3.05, 3.63) is 75.5 Å². The van der Waals surface area contributed by atoms with Gasteiger partial charge in [-0.05, 0) is 18.2 Å². The fraction of sp³-hybridized carbons (Fsp3) is 0.174. The molecule has 2 aromatic heterocycles. The largest absolute Gasteiger partial charge is 0.495 e. The highest BCUT2D eigenvalue weighted by Crippen LogP contribution is 2.38. The first-order chi connectivity index (χ1) is 16.1. The van der Waals surface area contributed by atoms with Crippen molar-refractivity contribution in [2.75, 3.05) is 12.4 Å². The number of hydrogen-bond acceptors (Lipinski definition) is 4. The lowest BCUT2D eigenvalue weighted by Gasteiger charge is -2.15. The van der Waals surface area contributed by atoms with Crippen LogP contribution in [0.5, 0.6) is 5.75 Å². The van der Waals surface area contributed by atoms with E-state index in [0.29, 0.717) is 22.4 Å². The quantitative estimate of drug-likeness (QED) is 0.439. The van der Waals surface area contributed by atoms with E-state index < -0.39 is 29.8 Å². The molecule has 0 aliphatic heterocycles. The Morgan fingerprint density at radius 3 is 2.50 bits per heavy atom. The molecule has 0 fully saturated rings. The molecule has 0 saturated carbocycles. The highest BCUT2D eigenvalue weighted by molar-refractivity contribution is 6.31. The summed E-state index contributed by atoms with van der Waals surface area (Å²) in [7, 11) is 2.83. The number of hydrogen-bond donors (Lipinski definition) is 1. The smallest absolute Gasteiger partial charge is 0.417 e. The molecule has 11 heteroatoms. The highest BCUT2D eigenvalue weighted by atomic mass is 35.5. The summed E-state index contributed by atoms with van der Waals surface area (Å²) in [5.74, 6) is -0.333. The Labute approximate surface area is 196 Å². The van der Waals surface area contributed by atoms with Crippen LogP contribution < -0.4 is 15.6 Å². The number of rotatable bonds is 5. The van der Waals surface area contributed by atoms with Crippen LogP contribution in [-0.4, -0.2) is 27.4 Å². The molecule has 0 radical (unpaired) electrons. The molecule has 0 aliphatic carbocycles. The van der Waals surface area contributed by atoms with E-state index in [0.717, 1.165) is 4.57 Å². The molecule has 0 aliphatic rings. The van der Waals surface area contributed by atoms with Gasteiger partial charge < -0.3 is 10.1 Å². The number of carbonyl (C=O) groups is 1. The van der Waals surface area contributed by atoms with E-state index in [1.807, 2.05) is 0 Å². The summed E-state index contributed by atoms with van der Waals surface area (Å²) >= 11 is 5.98. The standard InChI is InChI=1S/C23H18ClF3N4O3/c1-30-22-20(21(29-30)13-6-4-3-5-7-13)15(23(25,26)27)11-19(33)31(22)12-18(32)28-16-10-14(24)8-9-17(16)34-2/h3-11H,12H2,1-2H3,(H,28,32). The molecule has 4 aromatic rings. The summed E-state index contributed by atoms with van der Waals surface area (Å²) in [6, 6.07) is 13.4. The fourth-order valence-electron chi connectivity index (χ4n) is 3.74. The van der Waals surface area contributed by atoms with Gasteiger partial charge in [-0.2, -0.15) is 18.3 Å². The molecule has 0 spiro atoms. The zero-order valence-electron chi connectivity index (χ0n) is 18.0. The lowest BCUT2D eigenvalue weighted by Crippen LogP contribution is -2.30. The average molecular weight is 491 g/mol. The van der Waals surface area contributed by atoms with Crippen molar-refractivity contribution in [1.82, 2.24) is 14.3 Å². The van der Waals surface area contributed by atoms with Crippen LogP contribution >= 0.6 is 11.6 Å². The van der Waals surface area contributed by atoms with Gasteiger partial charge in [-0.25, -0.2) is 0 Å². The maximum atomic E-state index is 13.9. The first-order valence-corrected chi connectivity index (χ1v) is 10.3. The van der Waals surface area contributed by atoms with Gasteiger partial charge in [0.2, 0.25) is 5.91 Å². The number of aryl methyl sites for hydroxylation is 1. The summed E-state index contributed by atoms with van der Waals surface area (Å²) in [6.07, 6.45) is -4.81. The van der Waals surface area contributed by atoms with E-state index in [2.05, 4.69) is 10.4 Å². The van der Waals surface area contributed by atoms with Gasteiger partial charge in [0.25, 0.3) is 5.56 Å². The number of methoxy groups -OCH3 is 1. The summed E-state index contributed by atoms with van der Waals surface area (Å²) < 4.78 is 49.1. The van der Waals surface area contributed by atoms with E-state index in [4.69, 9.17) is 16.3 Å². The SMILES string of the molecule is COc1ccc(Cl)cc1NC(=O)Cn1c(=O)cc(C(F)(F)F)c2c(-c3ccccc3)nn(C)c21. The van der Waals surface area contributed by atoms with Crippen molar-refractivity contribution < 1.29 is 22.7 Å². The Hall–Kier alpha value is -3.79. The van der Waals surface area contributed by atoms with Crippen molar-refractivity contribution in [3.8, 4) is 17.0 Å². The maximum absolute atomic E-state index is 13.9. The molecule has 7 nitrogen and oxygen atoms in total. The molecule has 0 saturated heterocycles. The molecule has 1 amide bonds. The van der Waals surface area contributed by atoms with E-state index >= 15 is 0 Å². The van der Waals surface area contributed by atoms with Gasteiger partial charge in [-0.1, -0.05) is 41.9 Å². The summed E-state index contributed by atoms with van der Waals surface area (Å²) in [5, 5.41) is 6.91. The minimum atomic E-state index is -4.81. The Morgan fingerprint density at radius 2 is 1.85 bits per heavy atom. The van der Waals surface area contributed by atoms with Crippen LogP contribution in [0.4, 0.5) is 18.9 Å². The molecule has 4 rings (SSSR count). The number of benzene rings is 2. The molecule has 34 heavy (non-hydrogen) atoms. The van der Waals surface area contributed by atoms with Gasteiger partial charge in [-0.15, -0.1) is 0 Å². The number of nitrogens with zero attached hydrogens (tertiary/aromatic N) is 3.